The number of nitrogens with zero attached hydrogens (tertiary/aromatic N) is 2. The second kappa shape index (κ2) is 10.2. The minimum atomic E-state index is -1.05. The number of carboxylic acid groups (broad SMARTS) is 1. The number of amidine groups is 1. The predicted molar refractivity (Wildman–Crippen MR) is 130 cm³/mol. The Morgan fingerprint density at radius 1 is 1.06 bits per heavy atom. The number of hydrogen-bond donors (Lipinski definition) is 1. The van der Waals surface area contributed by atoms with Crippen LogP contribution in [-0.2, 0) is 9.59 Å². The molecule has 1 amide bonds. The first-order chi connectivity index (χ1) is 16.0. The van der Waals surface area contributed by atoms with Crippen LogP contribution in [0.2, 0.25) is 0 Å². The summed E-state index contributed by atoms with van der Waals surface area (Å²) in [6, 6.07) is 26.2. The van der Waals surface area contributed by atoms with Crippen molar-refractivity contribution in [2.24, 2.45) is 4.99 Å². The molecule has 1 aliphatic heterocycles. The van der Waals surface area contributed by atoms with Gasteiger partial charge in [0.15, 0.2) is 11.8 Å². The van der Waals surface area contributed by atoms with Crippen LogP contribution in [0.15, 0.2) is 94.8 Å². The van der Waals surface area contributed by atoms with Gasteiger partial charge in [0.25, 0.3) is 5.91 Å². The lowest BCUT2D eigenvalue weighted by Gasteiger charge is -2.24. The maximum atomic E-state index is 13.5. The Hall–Kier alpha value is -3.84. The van der Waals surface area contributed by atoms with E-state index in [-0.39, 0.29) is 11.9 Å². The maximum absolute atomic E-state index is 13.5. The molecule has 1 fully saturated rings. The van der Waals surface area contributed by atoms with Crippen LogP contribution in [0.5, 0.6) is 5.75 Å². The van der Waals surface area contributed by atoms with E-state index in [1.807, 2.05) is 73.7 Å². The highest BCUT2D eigenvalue weighted by atomic mass is 32.2. The van der Waals surface area contributed by atoms with E-state index in [4.69, 9.17) is 14.8 Å². The number of ether oxygens (including phenoxy) is 1. The first-order valence-electron chi connectivity index (χ1n) is 10.4. The Balaban J connectivity index is 1.68. The van der Waals surface area contributed by atoms with Crippen molar-refractivity contribution in [2.45, 2.75) is 13.0 Å². The van der Waals surface area contributed by atoms with E-state index < -0.39 is 12.6 Å². The lowest BCUT2D eigenvalue weighted by molar-refractivity contribution is -0.139. The molecule has 0 aliphatic carbocycles. The number of aliphatic imine (C=N–C) groups is 1. The summed E-state index contributed by atoms with van der Waals surface area (Å²) < 4.78 is 5.26. The number of carbonyl (C=O) groups is 2. The van der Waals surface area contributed by atoms with Crippen LogP contribution in [0.4, 0.5) is 5.69 Å². The number of thioether (sulfide) groups is 1. The quantitative estimate of drug-likeness (QED) is 0.472. The van der Waals surface area contributed by atoms with Crippen LogP contribution < -0.4 is 4.74 Å². The van der Waals surface area contributed by atoms with Crippen LogP contribution in [0, 0.1) is 0 Å². The predicted octanol–water partition coefficient (Wildman–Crippen LogP) is 5.52. The number of carboxylic acids is 1. The molecule has 166 valence electrons. The van der Waals surface area contributed by atoms with Crippen LogP contribution in [-0.4, -0.2) is 33.7 Å². The zero-order valence-corrected chi connectivity index (χ0v) is 18.7. The van der Waals surface area contributed by atoms with Gasteiger partial charge >= 0.3 is 5.97 Å². The van der Waals surface area contributed by atoms with E-state index in [2.05, 4.69) is 0 Å². The number of rotatable bonds is 7. The second-order valence-corrected chi connectivity index (χ2v) is 8.37. The van der Waals surface area contributed by atoms with Gasteiger partial charge in [-0.25, -0.2) is 9.79 Å². The first kappa shape index (κ1) is 22.4. The summed E-state index contributed by atoms with van der Waals surface area (Å²) in [5, 5.41) is 9.43. The smallest absolute Gasteiger partial charge is 0.341 e. The van der Waals surface area contributed by atoms with E-state index in [0.29, 0.717) is 15.8 Å². The molecule has 0 unspecified atom stereocenters. The van der Waals surface area contributed by atoms with Gasteiger partial charge in [0.1, 0.15) is 5.75 Å². The van der Waals surface area contributed by atoms with E-state index >= 15 is 0 Å². The molecule has 1 atom stereocenters. The molecule has 3 aromatic carbocycles. The fourth-order valence-electron chi connectivity index (χ4n) is 3.39. The SMILES string of the molecule is C[C@H](c1ccccc1)N1C(=O)/C(=C\c2cccc(OCC(=O)O)c2)SC1=Nc1ccccc1. The van der Waals surface area contributed by atoms with Crippen molar-refractivity contribution in [1.82, 2.24) is 4.90 Å². The third-order valence-corrected chi connectivity index (χ3v) is 5.99. The maximum Gasteiger partial charge on any atom is 0.341 e. The average molecular weight is 459 g/mol. The second-order valence-electron chi connectivity index (χ2n) is 7.36. The highest BCUT2D eigenvalue weighted by molar-refractivity contribution is 8.18. The average Bonchev–Trinajstić information content (AvgIpc) is 3.13. The van der Waals surface area contributed by atoms with Crippen LogP contribution in [0.25, 0.3) is 6.08 Å². The molecule has 1 aliphatic rings. The van der Waals surface area contributed by atoms with Gasteiger partial charge in [0.2, 0.25) is 0 Å². The van der Waals surface area contributed by atoms with Crippen molar-refractivity contribution in [2.75, 3.05) is 6.61 Å². The van der Waals surface area contributed by atoms with Gasteiger partial charge in [0, 0.05) is 0 Å². The summed E-state index contributed by atoms with van der Waals surface area (Å²) in [5.41, 5.74) is 2.52. The number of aliphatic carboxylic acids is 1. The molecular weight excluding hydrogens is 436 g/mol. The molecule has 1 heterocycles. The summed E-state index contributed by atoms with van der Waals surface area (Å²) in [6.07, 6.45) is 1.78. The summed E-state index contributed by atoms with van der Waals surface area (Å²) in [7, 11) is 0. The number of amides is 1. The van der Waals surface area contributed by atoms with Crippen LogP contribution >= 0.6 is 11.8 Å². The zero-order valence-electron chi connectivity index (χ0n) is 17.9. The van der Waals surface area contributed by atoms with Gasteiger partial charge in [-0.1, -0.05) is 60.7 Å². The van der Waals surface area contributed by atoms with Crippen molar-refractivity contribution < 1.29 is 19.4 Å². The van der Waals surface area contributed by atoms with E-state index in [1.54, 1.807) is 29.2 Å². The van der Waals surface area contributed by atoms with Gasteiger partial charge in [-0.05, 0) is 60.2 Å². The Kier molecular flexibility index (Phi) is 6.90. The third kappa shape index (κ3) is 5.51. The van der Waals surface area contributed by atoms with Crippen molar-refractivity contribution in [3.8, 4) is 5.75 Å². The minimum Gasteiger partial charge on any atom is -0.482 e. The van der Waals surface area contributed by atoms with Gasteiger partial charge in [-0.15, -0.1) is 0 Å². The van der Waals surface area contributed by atoms with Crippen molar-refractivity contribution >= 4 is 40.6 Å². The normalized spacial score (nSPS) is 16.9. The van der Waals surface area contributed by atoms with Crippen LogP contribution in [0.1, 0.15) is 24.1 Å². The summed E-state index contributed by atoms with van der Waals surface area (Å²) in [6.45, 7) is 1.56. The molecule has 0 bridgehead atoms. The molecule has 3 aromatic rings. The van der Waals surface area contributed by atoms with Gasteiger partial charge < -0.3 is 9.84 Å². The topological polar surface area (TPSA) is 79.2 Å². The van der Waals surface area contributed by atoms with Crippen molar-refractivity contribution in [3.05, 3.63) is 101 Å². The van der Waals surface area contributed by atoms with Crippen LogP contribution in [0.3, 0.4) is 0 Å². The van der Waals surface area contributed by atoms with E-state index in [9.17, 15) is 9.59 Å². The highest BCUT2D eigenvalue weighted by Crippen LogP contribution is 2.39. The van der Waals surface area contributed by atoms with Crippen molar-refractivity contribution in [1.29, 1.82) is 0 Å². The molecule has 7 heteroatoms. The lowest BCUT2D eigenvalue weighted by Crippen LogP contribution is -2.32. The molecule has 0 saturated carbocycles. The lowest BCUT2D eigenvalue weighted by atomic mass is 10.1. The molecule has 4 rings (SSSR count). The molecule has 0 aromatic heterocycles. The minimum absolute atomic E-state index is 0.136. The Labute approximate surface area is 196 Å². The molecule has 1 N–H and O–H groups in total. The largest absolute Gasteiger partial charge is 0.482 e. The number of para-hydroxylation sites is 1. The standard InChI is InChI=1S/C26H22N2O4S/c1-18(20-10-4-2-5-11-20)28-25(31)23(33-26(28)27-21-12-6-3-7-13-21)16-19-9-8-14-22(15-19)32-17-24(29)30/h2-16,18H,17H2,1H3,(H,29,30)/b23-16+,27-26?/t18-/m1/s1. The first-order valence-corrected chi connectivity index (χ1v) is 11.2. The Morgan fingerprint density at radius 2 is 1.76 bits per heavy atom. The van der Waals surface area contributed by atoms with E-state index in [0.717, 1.165) is 16.8 Å². The molecule has 0 radical (unpaired) electrons. The summed E-state index contributed by atoms with van der Waals surface area (Å²) in [4.78, 5) is 31.2. The molecule has 0 spiro atoms. The highest BCUT2D eigenvalue weighted by Gasteiger charge is 2.37. The van der Waals surface area contributed by atoms with E-state index in [1.165, 1.54) is 11.8 Å². The number of benzene rings is 3. The Morgan fingerprint density at radius 3 is 2.45 bits per heavy atom. The number of hydrogen-bond acceptors (Lipinski definition) is 5. The fraction of sp³-hybridized carbons (Fsp3) is 0.115. The van der Waals surface area contributed by atoms with Crippen molar-refractivity contribution in [3.63, 3.8) is 0 Å². The summed E-state index contributed by atoms with van der Waals surface area (Å²) in [5.74, 6) is -0.759. The molecule has 1 saturated heterocycles. The molecular formula is C26H22N2O4S. The summed E-state index contributed by atoms with van der Waals surface area (Å²) >= 11 is 1.32. The number of carbonyl (C=O) groups excluding carboxylic acids is 1. The third-order valence-electron chi connectivity index (χ3n) is 5.01. The monoisotopic (exact) mass is 458 g/mol. The van der Waals surface area contributed by atoms with Gasteiger partial charge in [-0.2, -0.15) is 0 Å². The fourth-order valence-corrected chi connectivity index (χ4v) is 4.46. The van der Waals surface area contributed by atoms with Gasteiger partial charge in [0.05, 0.1) is 16.6 Å². The molecule has 33 heavy (non-hydrogen) atoms. The zero-order chi connectivity index (χ0) is 23.2. The Bertz CT molecular complexity index is 1210. The van der Waals surface area contributed by atoms with Gasteiger partial charge in [-0.3, -0.25) is 9.69 Å². The molecule has 6 nitrogen and oxygen atoms in total.